The second-order valence-corrected chi connectivity index (χ2v) is 6.82. The molecule has 1 saturated heterocycles. The number of carbonyl (C=O) groups is 1. The van der Waals surface area contributed by atoms with Gasteiger partial charge in [0.05, 0.1) is 11.4 Å². The fourth-order valence-corrected chi connectivity index (χ4v) is 3.30. The molecule has 0 radical (unpaired) electrons. The molecule has 1 saturated carbocycles. The largest absolute Gasteiger partial charge is 0.489 e. The van der Waals surface area contributed by atoms with Crippen LogP contribution in [0.1, 0.15) is 29.6 Å². The van der Waals surface area contributed by atoms with E-state index in [9.17, 15) is 4.79 Å². The second-order valence-electron chi connectivity index (χ2n) is 6.82. The van der Waals surface area contributed by atoms with E-state index in [0.717, 1.165) is 31.3 Å². The number of halogens is 2. The number of hydrogen-bond donors (Lipinski definition) is 2. The summed E-state index contributed by atoms with van der Waals surface area (Å²) in [5.41, 5.74) is 7.62. The van der Waals surface area contributed by atoms with Crippen LogP contribution in [0.25, 0.3) is 0 Å². The van der Waals surface area contributed by atoms with Crippen LogP contribution >= 0.6 is 24.8 Å². The molecule has 1 amide bonds. The van der Waals surface area contributed by atoms with Crippen LogP contribution in [-0.2, 0) is 0 Å². The van der Waals surface area contributed by atoms with Gasteiger partial charge in [-0.15, -0.1) is 24.8 Å². The first-order valence-corrected chi connectivity index (χ1v) is 8.85. The molecule has 1 aliphatic carbocycles. The lowest BCUT2D eigenvalue weighted by Crippen LogP contribution is -2.26. The molecular formula is C20H25Cl2N3O2. The Morgan fingerprint density at radius 3 is 2.41 bits per heavy atom. The average Bonchev–Trinajstić information content (AvgIpc) is 3.37. The van der Waals surface area contributed by atoms with Crippen molar-refractivity contribution in [1.29, 1.82) is 0 Å². The van der Waals surface area contributed by atoms with E-state index in [1.807, 2.05) is 24.3 Å². The standard InChI is InChI=1S/C20H23N3O2.2ClH/c21-18-3-1-2-4-19(18)22-20(24)14-5-9-16(10-6-14)25-17-11-12-23(13-17)15-7-8-15;;/h1-6,9-10,15,17H,7-8,11-13,21H2,(H,22,24);2*1H/t17-;;/m0../s1. The summed E-state index contributed by atoms with van der Waals surface area (Å²) < 4.78 is 6.06. The van der Waals surface area contributed by atoms with Crippen LogP contribution in [0.15, 0.2) is 48.5 Å². The van der Waals surface area contributed by atoms with Crippen molar-refractivity contribution in [2.75, 3.05) is 24.1 Å². The van der Waals surface area contributed by atoms with Gasteiger partial charge in [0.2, 0.25) is 0 Å². The van der Waals surface area contributed by atoms with E-state index in [-0.39, 0.29) is 36.8 Å². The third-order valence-electron chi connectivity index (χ3n) is 4.87. The van der Waals surface area contributed by atoms with Gasteiger partial charge in [-0.1, -0.05) is 12.1 Å². The zero-order valence-corrected chi connectivity index (χ0v) is 16.6. The molecule has 4 rings (SSSR count). The van der Waals surface area contributed by atoms with Crippen molar-refractivity contribution in [3.8, 4) is 5.75 Å². The maximum Gasteiger partial charge on any atom is 0.255 e. The van der Waals surface area contributed by atoms with Crippen molar-refractivity contribution in [2.45, 2.75) is 31.4 Å². The minimum atomic E-state index is -0.176. The topological polar surface area (TPSA) is 67.6 Å². The molecule has 0 spiro atoms. The molecule has 0 unspecified atom stereocenters. The van der Waals surface area contributed by atoms with E-state index >= 15 is 0 Å². The molecule has 2 fully saturated rings. The normalized spacial score (nSPS) is 18.9. The van der Waals surface area contributed by atoms with Gasteiger partial charge in [0, 0.05) is 24.7 Å². The summed E-state index contributed by atoms with van der Waals surface area (Å²) in [6.45, 7) is 2.15. The van der Waals surface area contributed by atoms with Gasteiger partial charge >= 0.3 is 0 Å². The molecule has 2 aromatic rings. The number of hydrogen-bond acceptors (Lipinski definition) is 4. The number of para-hydroxylation sites is 2. The highest BCUT2D eigenvalue weighted by molar-refractivity contribution is 6.05. The van der Waals surface area contributed by atoms with Crippen LogP contribution in [0, 0.1) is 0 Å². The third kappa shape index (κ3) is 5.28. The molecule has 2 aliphatic rings. The number of benzene rings is 2. The van der Waals surface area contributed by atoms with Gasteiger partial charge in [0.25, 0.3) is 5.91 Å². The monoisotopic (exact) mass is 409 g/mol. The number of anilines is 2. The van der Waals surface area contributed by atoms with Gasteiger partial charge in [0.1, 0.15) is 11.9 Å². The number of nitrogens with one attached hydrogen (secondary N) is 1. The van der Waals surface area contributed by atoms with Crippen molar-refractivity contribution in [3.63, 3.8) is 0 Å². The van der Waals surface area contributed by atoms with Crippen LogP contribution < -0.4 is 15.8 Å². The molecule has 0 bridgehead atoms. The molecular weight excluding hydrogens is 385 g/mol. The van der Waals surface area contributed by atoms with Gasteiger partial charge in [-0.3, -0.25) is 9.69 Å². The highest BCUT2D eigenvalue weighted by atomic mass is 35.5. The molecule has 1 heterocycles. The lowest BCUT2D eigenvalue weighted by Gasteiger charge is -2.16. The van der Waals surface area contributed by atoms with E-state index in [0.29, 0.717) is 16.9 Å². The smallest absolute Gasteiger partial charge is 0.255 e. The minimum Gasteiger partial charge on any atom is -0.489 e. The fraction of sp³-hybridized carbons (Fsp3) is 0.350. The number of ether oxygens (including phenoxy) is 1. The zero-order chi connectivity index (χ0) is 17.2. The quantitative estimate of drug-likeness (QED) is 0.732. The van der Waals surface area contributed by atoms with Crippen molar-refractivity contribution >= 4 is 42.1 Å². The zero-order valence-electron chi connectivity index (χ0n) is 15.0. The number of nitrogen functional groups attached to an aromatic ring is 1. The SMILES string of the molecule is Cl.Cl.Nc1ccccc1NC(=O)c1ccc(O[C@H]2CCN(C3CC3)C2)cc1. The molecule has 0 aromatic heterocycles. The first kappa shape index (κ1) is 21.4. The van der Waals surface area contributed by atoms with E-state index in [2.05, 4.69) is 10.2 Å². The first-order chi connectivity index (χ1) is 12.2. The van der Waals surface area contributed by atoms with Gasteiger partial charge in [-0.2, -0.15) is 0 Å². The van der Waals surface area contributed by atoms with E-state index in [1.165, 1.54) is 12.8 Å². The van der Waals surface area contributed by atoms with Gasteiger partial charge in [-0.05, 0) is 55.7 Å². The maximum atomic E-state index is 12.3. The van der Waals surface area contributed by atoms with Gasteiger partial charge < -0.3 is 15.8 Å². The van der Waals surface area contributed by atoms with E-state index < -0.39 is 0 Å². The number of likely N-dealkylation sites (tertiary alicyclic amines) is 1. The summed E-state index contributed by atoms with van der Waals surface area (Å²) in [6.07, 6.45) is 4.00. The van der Waals surface area contributed by atoms with Crippen molar-refractivity contribution < 1.29 is 9.53 Å². The number of nitrogens with two attached hydrogens (primary N) is 1. The van der Waals surface area contributed by atoms with Crippen LogP contribution in [0.4, 0.5) is 11.4 Å². The fourth-order valence-electron chi connectivity index (χ4n) is 3.30. The summed E-state index contributed by atoms with van der Waals surface area (Å²) in [7, 11) is 0. The Morgan fingerprint density at radius 2 is 1.74 bits per heavy atom. The Labute approximate surface area is 172 Å². The Morgan fingerprint density at radius 1 is 1.04 bits per heavy atom. The third-order valence-corrected chi connectivity index (χ3v) is 4.87. The van der Waals surface area contributed by atoms with Crippen LogP contribution in [0.2, 0.25) is 0 Å². The number of rotatable bonds is 5. The molecule has 7 heteroatoms. The van der Waals surface area contributed by atoms with Crippen molar-refractivity contribution in [3.05, 3.63) is 54.1 Å². The summed E-state index contributed by atoms with van der Waals surface area (Å²) in [5, 5.41) is 2.83. The predicted octanol–water partition coefficient (Wildman–Crippen LogP) is 3.98. The Kier molecular flexibility index (Phi) is 7.36. The van der Waals surface area contributed by atoms with E-state index in [1.54, 1.807) is 24.3 Å². The molecule has 1 atom stereocenters. The first-order valence-electron chi connectivity index (χ1n) is 8.85. The highest BCUT2D eigenvalue weighted by Gasteiger charge is 2.35. The minimum absolute atomic E-state index is 0. The Bertz CT molecular complexity index is 766. The Balaban J connectivity index is 0.00000131. The van der Waals surface area contributed by atoms with Crippen LogP contribution in [0.5, 0.6) is 5.75 Å². The summed E-state index contributed by atoms with van der Waals surface area (Å²) >= 11 is 0. The van der Waals surface area contributed by atoms with Crippen molar-refractivity contribution in [1.82, 2.24) is 4.90 Å². The lowest BCUT2D eigenvalue weighted by atomic mass is 10.2. The van der Waals surface area contributed by atoms with Crippen LogP contribution in [-0.4, -0.2) is 36.0 Å². The molecule has 3 N–H and O–H groups in total. The maximum absolute atomic E-state index is 12.3. The second kappa shape index (κ2) is 9.31. The Hall–Kier alpha value is -1.95. The van der Waals surface area contributed by atoms with Crippen molar-refractivity contribution in [2.24, 2.45) is 0 Å². The highest BCUT2D eigenvalue weighted by Crippen LogP contribution is 2.31. The lowest BCUT2D eigenvalue weighted by molar-refractivity contribution is 0.102. The summed E-state index contributed by atoms with van der Waals surface area (Å²) in [4.78, 5) is 14.9. The number of amides is 1. The summed E-state index contributed by atoms with van der Waals surface area (Å²) in [6, 6.07) is 15.3. The van der Waals surface area contributed by atoms with E-state index in [4.69, 9.17) is 10.5 Å². The molecule has 2 aromatic carbocycles. The average molecular weight is 410 g/mol. The number of carbonyl (C=O) groups excluding carboxylic acids is 1. The van der Waals surface area contributed by atoms with Gasteiger partial charge in [0.15, 0.2) is 0 Å². The molecule has 5 nitrogen and oxygen atoms in total. The molecule has 146 valence electrons. The number of nitrogens with zero attached hydrogens (tertiary/aromatic N) is 1. The predicted molar refractivity (Wildman–Crippen MR) is 113 cm³/mol. The summed E-state index contributed by atoms with van der Waals surface area (Å²) in [5.74, 6) is 0.642. The van der Waals surface area contributed by atoms with Crippen LogP contribution in [0.3, 0.4) is 0 Å². The molecule has 27 heavy (non-hydrogen) atoms. The molecule has 1 aliphatic heterocycles. The van der Waals surface area contributed by atoms with Gasteiger partial charge in [-0.25, -0.2) is 0 Å².